The van der Waals surface area contributed by atoms with Crippen LogP contribution in [0.3, 0.4) is 0 Å². The predicted octanol–water partition coefficient (Wildman–Crippen LogP) is 4.84. The number of hydrogen-bond donors (Lipinski definition) is 0. The molecule has 2 rings (SSSR count). The molecular weight excluding hydrogens is 239 g/mol. The van der Waals surface area contributed by atoms with E-state index in [4.69, 9.17) is 4.74 Å². The fourth-order valence-electron chi connectivity index (χ4n) is 1.89. The van der Waals surface area contributed by atoms with E-state index in [-0.39, 0.29) is 5.82 Å². The van der Waals surface area contributed by atoms with Crippen LogP contribution < -0.4 is 4.74 Å². The highest BCUT2D eigenvalue weighted by Gasteiger charge is 2.06. The van der Waals surface area contributed by atoms with E-state index in [1.165, 1.54) is 5.56 Å². The molecule has 0 spiro atoms. The third-order valence-electron chi connectivity index (χ3n) is 3.20. The van der Waals surface area contributed by atoms with Gasteiger partial charge in [0.05, 0.1) is 0 Å². The molecule has 2 aromatic rings. The standard InChI is InChI=1S/C17H19FO/c1-12(2)15-9-7-14(8-10-15)11-19-16-6-4-5-13(3)17(16)18/h4-10,12H,11H2,1-3H3. The molecule has 0 aliphatic heterocycles. The third-order valence-corrected chi connectivity index (χ3v) is 3.20. The lowest BCUT2D eigenvalue weighted by atomic mass is 10.0. The SMILES string of the molecule is Cc1cccc(OCc2ccc(C(C)C)cc2)c1F. The first-order valence-corrected chi connectivity index (χ1v) is 6.54. The van der Waals surface area contributed by atoms with E-state index in [1.807, 2.05) is 12.1 Å². The van der Waals surface area contributed by atoms with Crippen molar-refractivity contribution >= 4 is 0 Å². The predicted molar refractivity (Wildman–Crippen MR) is 76.0 cm³/mol. The van der Waals surface area contributed by atoms with Crippen molar-refractivity contribution in [1.82, 2.24) is 0 Å². The molecule has 0 saturated heterocycles. The van der Waals surface area contributed by atoms with E-state index in [2.05, 4.69) is 26.0 Å². The first-order chi connectivity index (χ1) is 9.08. The van der Waals surface area contributed by atoms with Gasteiger partial charge in [-0.05, 0) is 35.6 Å². The van der Waals surface area contributed by atoms with Gasteiger partial charge in [0.1, 0.15) is 6.61 Å². The average Bonchev–Trinajstić information content (AvgIpc) is 2.41. The van der Waals surface area contributed by atoms with Gasteiger partial charge in [-0.1, -0.05) is 50.2 Å². The number of hydrogen-bond acceptors (Lipinski definition) is 1. The van der Waals surface area contributed by atoms with Crippen molar-refractivity contribution in [1.29, 1.82) is 0 Å². The molecule has 0 atom stereocenters. The van der Waals surface area contributed by atoms with Crippen LogP contribution in [0.4, 0.5) is 4.39 Å². The van der Waals surface area contributed by atoms with Gasteiger partial charge in [-0.15, -0.1) is 0 Å². The van der Waals surface area contributed by atoms with Crippen molar-refractivity contribution in [3.63, 3.8) is 0 Å². The van der Waals surface area contributed by atoms with Gasteiger partial charge < -0.3 is 4.74 Å². The molecule has 0 aromatic heterocycles. The number of benzene rings is 2. The van der Waals surface area contributed by atoms with E-state index < -0.39 is 0 Å². The summed E-state index contributed by atoms with van der Waals surface area (Å²) in [5, 5.41) is 0. The van der Waals surface area contributed by atoms with Crippen LogP contribution in [0, 0.1) is 12.7 Å². The summed E-state index contributed by atoms with van der Waals surface area (Å²) in [5.41, 5.74) is 2.95. The fraction of sp³-hybridized carbons (Fsp3) is 0.294. The Kier molecular flexibility index (Phi) is 4.20. The lowest BCUT2D eigenvalue weighted by molar-refractivity contribution is 0.289. The van der Waals surface area contributed by atoms with Crippen LogP contribution in [0.15, 0.2) is 42.5 Å². The largest absolute Gasteiger partial charge is 0.486 e. The number of aryl methyl sites for hydroxylation is 1. The zero-order valence-electron chi connectivity index (χ0n) is 11.6. The Morgan fingerprint density at radius 1 is 1.05 bits per heavy atom. The molecule has 0 saturated carbocycles. The number of rotatable bonds is 4. The first-order valence-electron chi connectivity index (χ1n) is 6.54. The van der Waals surface area contributed by atoms with E-state index in [9.17, 15) is 4.39 Å². The molecule has 0 heterocycles. The van der Waals surface area contributed by atoms with Gasteiger partial charge in [0.25, 0.3) is 0 Å². The summed E-state index contributed by atoms with van der Waals surface area (Å²) in [7, 11) is 0. The quantitative estimate of drug-likeness (QED) is 0.762. The Balaban J connectivity index is 2.04. The molecule has 19 heavy (non-hydrogen) atoms. The fourth-order valence-corrected chi connectivity index (χ4v) is 1.89. The molecule has 0 N–H and O–H groups in total. The number of ether oxygens (including phenoxy) is 1. The maximum atomic E-state index is 13.7. The summed E-state index contributed by atoms with van der Waals surface area (Å²) in [4.78, 5) is 0. The second kappa shape index (κ2) is 5.87. The summed E-state index contributed by atoms with van der Waals surface area (Å²) in [6.45, 7) is 6.44. The molecular formula is C17H19FO. The van der Waals surface area contributed by atoms with Crippen molar-refractivity contribution in [3.05, 3.63) is 65.0 Å². The van der Waals surface area contributed by atoms with Crippen molar-refractivity contribution in [2.24, 2.45) is 0 Å². The lowest BCUT2D eigenvalue weighted by Gasteiger charge is -2.10. The maximum Gasteiger partial charge on any atom is 0.167 e. The molecule has 100 valence electrons. The van der Waals surface area contributed by atoms with Crippen molar-refractivity contribution < 1.29 is 9.13 Å². The minimum atomic E-state index is -0.277. The molecule has 2 aromatic carbocycles. The Labute approximate surface area is 114 Å². The van der Waals surface area contributed by atoms with Gasteiger partial charge >= 0.3 is 0 Å². The normalized spacial score (nSPS) is 10.8. The summed E-state index contributed by atoms with van der Waals surface area (Å²) < 4.78 is 19.3. The molecule has 0 unspecified atom stereocenters. The van der Waals surface area contributed by atoms with Crippen molar-refractivity contribution in [2.75, 3.05) is 0 Å². The maximum absolute atomic E-state index is 13.7. The smallest absolute Gasteiger partial charge is 0.167 e. The summed E-state index contributed by atoms with van der Waals surface area (Å²) >= 11 is 0. The van der Waals surface area contributed by atoms with Gasteiger partial charge in [-0.25, -0.2) is 4.39 Å². The van der Waals surface area contributed by atoms with Crippen LogP contribution in [0.1, 0.15) is 36.5 Å². The van der Waals surface area contributed by atoms with Crippen LogP contribution in [0.5, 0.6) is 5.75 Å². The summed E-state index contributed by atoms with van der Waals surface area (Å²) in [6, 6.07) is 13.4. The highest BCUT2D eigenvalue weighted by Crippen LogP contribution is 2.21. The minimum Gasteiger partial charge on any atom is -0.486 e. The van der Waals surface area contributed by atoms with E-state index in [0.29, 0.717) is 23.8 Å². The van der Waals surface area contributed by atoms with Crippen molar-refractivity contribution in [3.8, 4) is 5.75 Å². The first kappa shape index (κ1) is 13.6. The zero-order chi connectivity index (χ0) is 13.8. The van der Waals surface area contributed by atoms with Crippen LogP contribution >= 0.6 is 0 Å². The highest BCUT2D eigenvalue weighted by molar-refractivity contribution is 5.31. The van der Waals surface area contributed by atoms with Crippen LogP contribution in [0.2, 0.25) is 0 Å². The van der Waals surface area contributed by atoms with Crippen LogP contribution in [-0.2, 0) is 6.61 Å². The topological polar surface area (TPSA) is 9.23 Å². The van der Waals surface area contributed by atoms with E-state index in [1.54, 1.807) is 25.1 Å². The summed E-state index contributed by atoms with van der Waals surface area (Å²) in [5.74, 6) is 0.554. The Bertz CT molecular complexity index is 544. The van der Waals surface area contributed by atoms with E-state index in [0.717, 1.165) is 5.56 Å². The minimum absolute atomic E-state index is 0.277. The second-order valence-electron chi connectivity index (χ2n) is 5.07. The summed E-state index contributed by atoms with van der Waals surface area (Å²) in [6.07, 6.45) is 0. The van der Waals surface area contributed by atoms with Gasteiger partial charge in [0.15, 0.2) is 11.6 Å². The molecule has 1 nitrogen and oxygen atoms in total. The van der Waals surface area contributed by atoms with Crippen LogP contribution in [0.25, 0.3) is 0 Å². The molecule has 2 heteroatoms. The van der Waals surface area contributed by atoms with E-state index >= 15 is 0 Å². The van der Waals surface area contributed by atoms with Gasteiger partial charge in [-0.3, -0.25) is 0 Å². The van der Waals surface area contributed by atoms with Gasteiger partial charge in [0.2, 0.25) is 0 Å². The number of halogens is 1. The molecule has 0 aliphatic rings. The molecule has 0 fully saturated rings. The molecule has 0 aliphatic carbocycles. The molecule has 0 amide bonds. The third kappa shape index (κ3) is 3.34. The average molecular weight is 258 g/mol. The Hall–Kier alpha value is -1.83. The van der Waals surface area contributed by atoms with Gasteiger partial charge in [0, 0.05) is 0 Å². The monoisotopic (exact) mass is 258 g/mol. The Morgan fingerprint density at radius 2 is 1.74 bits per heavy atom. The van der Waals surface area contributed by atoms with Crippen LogP contribution in [-0.4, -0.2) is 0 Å². The van der Waals surface area contributed by atoms with Crippen molar-refractivity contribution in [2.45, 2.75) is 33.3 Å². The second-order valence-corrected chi connectivity index (χ2v) is 5.07. The zero-order valence-corrected chi connectivity index (χ0v) is 11.6. The molecule has 0 bridgehead atoms. The van der Waals surface area contributed by atoms with Gasteiger partial charge in [-0.2, -0.15) is 0 Å². The highest BCUT2D eigenvalue weighted by atomic mass is 19.1. The lowest BCUT2D eigenvalue weighted by Crippen LogP contribution is -1.99. The molecule has 0 radical (unpaired) electrons. The Morgan fingerprint density at radius 3 is 2.37 bits per heavy atom.